The predicted octanol–water partition coefficient (Wildman–Crippen LogP) is 3.90. The quantitative estimate of drug-likeness (QED) is 0.833. The fourth-order valence-corrected chi connectivity index (χ4v) is 2.24. The summed E-state index contributed by atoms with van der Waals surface area (Å²) in [5.41, 5.74) is 1.78. The highest BCUT2D eigenvalue weighted by atomic mass is 35.5. The molecule has 4 nitrogen and oxygen atoms in total. The number of hydrogen-bond acceptors (Lipinski definition) is 3. The van der Waals surface area contributed by atoms with Crippen LogP contribution in [-0.4, -0.2) is 18.0 Å². The largest absolute Gasteiger partial charge is 0.452 e. The van der Waals surface area contributed by atoms with Crippen molar-refractivity contribution < 1.29 is 18.7 Å². The van der Waals surface area contributed by atoms with Gasteiger partial charge in [-0.15, -0.1) is 0 Å². The van der Waals surface area contributed by atoms with Gasteiger partial charge in [0.2, 0.25) is 0 Å². The van der Waals surface area contributed by atoms with Crippen molar-refractivity contribution >= 4 is 29.2 Å². The van der Waals surface area contributed by atoms with Crippen LogP contribution in [0, 0.1) is 12.7 Å². The minimum Gasteiger partial charge on any atom is -0.452 e. The van der Waals surface area contributed by atoms with Crippen LogP contribution in [0.3, 0.4) is 0 Å². The number of carbonyl (C=O) groups is 2. The predicted molar refractivity (Wildman–Crippen MR) is 90.5 cm³/mol. The molecule has 0 saturated carbocycles. The summed E-state index contributed by atoms with van der Waals surface area (Å²) in [6.45, 7) is 3.32. The van der Waals surface area contributed by atoms with Gasteiger partial charge in [0.15, 0.2) is 6.10 Å². The molecule has 0 unspecified atom stereocenters. The number of rotatable bonds is 5. The average Bonchev–Trinajstić information content (AvgIpc) is 2.52. The Bertz CT molecular complexity index is 764. The standard InChI is InChI=1S/C18H17ClFNO3/c1-11-5-3-4-6-13(11)9-17(22)24-12(2)18(23)21-16-8-7-14(19)10-15(16)20/h3-8,10,12H,9H2,1-2H3,(H,21,23)/t12-/m1/s1. The maximum Gasteiger partial charge on any atom is 0.311 e. The molecule has 0 aliphatic heterocycles. The molecule has 0 aromatic heterocycles. The minimum absolute atomic E-state index is 0.0220. The van der Waals surface area contributed by atoms with E-state index in [9.17, 15) is 14.0 Å². The van der Waals surface area contributed by atoms with Crippen molar-refractivity contribution in [2.24, 2.45) is 0 Å². The van der Waals surface area contributed by atoms with Gasteiger partial charge in [0.25, 0.3) is 5.91 Å². The van der Waals surface area contributed by atoms with Crippen LogP contribution in [0.25, 0.3) is 0 Å². The van der Waals surface area contributed by atoms with Crippen LogP contribution in [0.2, 0.25) is 5.02 Å². The van der Waals surface area contributed by atoms with Crippen molar-refractivity contribution in [3.63, 3.8) is 0 Å². The van der Waals surface area contributed by atoms with Crippen LogP contribution >= 0.6 is 11.6 Å². The molecule has 24 heavy (non-hydrogen) atoms. The number of carbonyl (C=O) groups excluding carboxylic acids is 2. The summed E-state index contributed by atoms with van der Waals surface area (Å²) in [5, 5.41) is 2.59. The van der Waals surface area contributed by atoms with Gasteiger partial charge in [-0.05, 0) is 43.2 Å². The van der Waals surface area contributed by atoms with Crippen molar-refractivity contribution in [1.82, 2.24) is 0 Å². The molecule has 0 spiro atoms. The average molecular weight is 350 g/mol. The molecule has 0 heterocycles. The van der Waals surface area contributed by atoms with Crippen molar-refractivity contribution in [1.29, 1.82) is 0 Å². The lowest BCUT2D eigenvalue weighted by Crippen LogP contribution is -2.30. The molecule has 0 bridgehead atoms. The Kier molecular flexibility index (Phi) is 5.93. The molecule has 0 fully saturated rings. The van der Waals surface area contributed by atoms with Crippen LogP contribution in [0.5, 0.6) is 0 Å². The third kappa shape index (κ3) is 4.80. The summed E-state index contributed by atoms with van der Waals surface area (Å²) < 4.78 is 18.8. The maximum absolute atomic E-state index is 13.7. The van der Waals surface area contributed by atoms with Crippen LogP contribution in [0.4, 0.5) is 10.1 Å². The lowest BCUT2D eigenvalue weighted by atomic mass is 10.1. The Morgan fingerprint density at radius 1 is 1.25 bits per heavy atom. The molecule has 2 aromatic carbocycles. The summed E-state index contributed by atoms with van der Waals surface area (Å²) in [6, 6.07) is 11.3. The number of hydrogen-bond donors (Lipinski definition) is 1. The number of esters is 1. The van der Waals surface area contributed by atoms with Crippen molar-refractivity contribution in [3.05, 3.63) is 64.4 Å². The number of ether oxygens (including phenoxy) is 1. The highest BCUT2D eigenvalue weighted by Gasteiger charge is 2.19. The van der Waals surface area contributed by atoms with E-state index in [4.69, 9.17) is 16.3 Å². The first-order chi connectivity index (χ1) is 11.4. The highest BCUT2D eigenvalue weighted by molar-refractivity contribution is 6.30. The second kappa shape index (κ2) is 7.93. The number of amides is 1. The molecule has 0 saturated heterocycles. The molecule has 126 valence electrons. The van der Waals surface area contributed by atoms with Gasteiger partial charge in [0.1, 0.15) is 5.82 Å². The van der Waals surface area contributed by atoms with E-state index in [0.29, 0.717) is 0 Å². The Labute approximate surface area is 144 Å². The summed E-state index contributed by atoms with van der Waals surface area (Å²) >= 11 is 5.65. The van der Waals surface area contributed by atoms with Gasteiger partial charge in [-0.2, -0.15) is 0 Å². The van der Waals surface area contributed by atoms with E-state index in [0.717, 1.165) is 17.2 Å². The number of nitrogens with one attached hydrogen (secondary N) is 1. The zero-order valence-electron chi connectivity index (χ0n) is 13.3. The van der Waals surface area contributed by atoms with Gasteiger partial charge in [0.05, 0.1) is 12.1 Å². The Hall–Kier alpha value is -2.40. The minimum atomic E-state index is -1.04. The Balaban J connectivity index is 1.93. The molecule has 0 radical (unpaired) electrons. The fourth-order valence-electron chi connectivity index (χ4n) is 2.08. The summed E-state index contributed by atoms with van der Waals surface area (Å²) in [4.78, 5) is 24.0. The van der Waals surface area contributed by atoms with Crippen LogP contribution < -0.4 is 5.32 Å². The molecule has 0 aliphatic carbocycles. The summed E-state index contributed by atoms with van der Waals surface area (Å²) in [7, 11) is 0. The van der Waals surface area contributed by atoms with Crippen LogP contribution in [0.15, 0.2) is 42.5 Å². The summed E-state index contributed by atoms with van der Waals surface area (Å²) in [6.07, 6.45) is -0.976. The third-order valence-electron chi connectivity index (χ3n) is 3.46. The van der Waals surface area contributed by atoms with E-state index in [-0.39, 0.29) is 17.1 Å². The number of anilines is 1. The summed E-state index contributed by atoms with van der Waals surface area (Å²) in [5.74, 6) is -1.80. The van der Waals surface area contributed by atoms with Crippen LogP contribution in [0.1, 0.15) is 18.1 Å². The second-order valence-corrected chi connectivity index (χ2v) is 5.79. The Morgan fingerprint density at radius 3 is 2.62 bits per heavy atom. The topological polar surface area (TPSA) is 55.4 Å². The molecular weight excluding hydrogens is 333 g/mol. The smallest absolute Gasteiger partial charge is 0.311 e. The monoisotopic (exact) mass is 349 g/mol. The van der Waals surface area contributed by atoms with Gasteiger partial charge < -0.3 is 10.1 Å². The zero-order valence-corrected chi connectivity index (χ0v) is 14.1. The molecule has 2 aromatic rings. The lowest BCUT2D eigenvalue weighted by Gasteiger charge is -2.14. The van der Waals surface area contributed by atoms with E-state index in [1.165, 1.54) is 19.1 Å². The van der Waals surface area contributed by atoms with Gasteiger partial charge in [-0.1, -0.05) is 35.9 Å². The molecular formula is C18H17ClFNO3. The highest BCUT2D eigenvalue weighted by Crippen LogP contribution is 2.19. The van der Waals surface area contributed by atoms with Gasteiger partial charge >= 0.3 is 5.97 Å². The van der Waals surface area contributed by atoms with E-state index < -0.39 is 23.8 Å². The molecule has 1 N–H and O–H groups in total. The zero-order chi connectivity index (χ0) is 17.7. The van der Waals surface area contributed by atoms with Gasteiger partial charge in [0, 0.05) is 5.02 Å². The maximum atomic E-state index is 13.7. The first-order valence-corrected chi connectivity index (χ1v) is 7.74. The van der Waals surface area contributed by atoms with E-state index in [1.54, 1.807) is 0 Å². The van der Waals surface area contributed by atoms with Gasteiger partial charge in [-0.25, -0.2) is 4.39 Å². The van der Waals surface area contributed by atoms with Crippen molar-refractivity contribution in [2.45, 2.75) is 26.4 Å². The molecule has 1 amide bonds. The fraction of sp³-hybridized carbons (Fsp3) is 0.222. The second-order valence-electron chi connectivity index (χ2n) is 5.35. The number of halogens is 2. The lowest BCUT2D eigenvalue weighted by molar-refractivity contribution is -0.152. The van der Waals surface area contributed by atoms with E-state index in [1.807, 2.05) is 31.2 Å². The van der Waals surface area contributed by atoms with Crippen molar-refractivity contribution in [3.8, 4) is 0 Å². The number of aryl methyl sites for hydroxylation is 1. The first-order valence-electron chi connectivity index (χ1n) is 7.36. The SMILES string of the molecule is Cc1ccccc1CC(=O)O[C@H](C)C(=O)Nc1ccc(Cl)cc1F. The molecule has 2 rings (SSSR count). The molecule has 1 atom stereocenters. The molecule has 6 heteroatoms. The molecule has 0 aliphatic rings. The van der Waals surface area contributed by atoms with Gasteiger partial charge in [-0.3, -0.25) is 9.59 Å². The Morgan fingerprint density at radius 2 is 1.96 bits per heavy atom. The van der Waals surface area contributed by atoms with E-state index in [2.05, 4.69) is 5.32 Å². The van der Waals surface area contributed by atoms with Crippen molar-refractivity contribution in [2.75, 3.05) is 5.32 Å². The number of benzene rings is 2. The third-order valence-corrected chi connectivity index (χ3v) is 3.70. The van der Waals surface area contributed by atoms with E-state index >= 15 is 0 Å². The first kappa shape index (κ1) is 17.9. The van der Waals surface area contributed by atoms with Crippen LogP contribution in [-0.2, 0) is 20.7 Å². The normalized spacial score (nSPS) is 11.7.